The van der Waals surface area contributed by atoms with Crippen molar-refractivity contribution >= 4 is 16.9 Å². The van der Waals surface area contributed by atoms with Crippen molar-refractivity contribution in [2.45, 2.75) is 19.8 Å². The molecule has 0 aliphatic heterocycles. The van der Waals surface area contributed by atoms with Crippen LogP contribution < -0.4 is 4.74 Å². The van der Waals surface area contributed by atoms with Crippen molar-refractivity contribution < 1.29 is 18.7 Å². The molecule has 2 aromatic heterocycles. The predicted octanol–water partition coefficient (Wildman–Crippen LogP) is 3.93. The van der Waals surface area contributed by atoms with Crippen LogP contribution in [-0.2, 0) is 11.2 Å². The first-order valence-corrected chi connectivity index (χ1v) is 7.81. The van der Waals surface area contributed by atoms with Gasteiger partial charge < -0.3 is 13.9 Å². The molecule has 0 bridgehead atoms. The van der Waals surface area contributed by atoms with Gasteiger partial charge in [0.15, 0.2) is 11.3 Å². The molecular weight excluding hydrogens is 306 g/mol. The van der Waals surface area contributed by atoms with E-state index in [4.69, 9.17) is 13.9 Å². The number of hydrogen-bond acceptors (Lipinski definition) is 5. The van der Waals surface area contributed by atoms with Crippen LogP contribution >= 0.6 is 0 Å². The van der Waals surface area contributed by atoms with Gasteiger partial charge in [-0.05, 0) is 43.0 Å². The van der Waals surface area contributed by atoms with E-state index in [1.165, 1.54) is 0 Å². The lowest BCUT2D eigenvalue weighted by Crippen LogP contribution is -2.06. The molecule has 0 saturated heterocycles. The maximum atomic E-state index is 12.1. The van der Waals surface area contributed by atoms with E-state index in [0.29, 0.717) is 17.9 Å². The highest BCUT2D eigenvalue weighted by molar-refractivity contribution is 5.94. The van der Waals surface area contributed by atoms with Gasteiger partial charge in [-0.3, -0.25) is 4.98 Å². The van der Waals surface area contributed by atoms with E-state index in [2.05, 4.69) is 11.1 Å². The number of furan rings is 1. The van der Waals surface area contributed by atoms with Crippen molar-refractivity contribution in [3.63, 3.8) is 0 Å². The standard InChI is InChI=1S/C19H19NO4/c1-13-9-14(12-20-11-13)5-4-8-23-19(21)17-10-15-6-3-7-16(22-2)18(15)24-17/h3,6-7,9-12H,4-5,8H2,1-2H3. The fraction of sp³-hybridized carbons (Fsp3) is 0.263. The largest absolute Gasteiger partial charge is 0.493 e. The van der Waals surface area contributed by atoms with Gasteiger partial charge in [0, 0.05) is 17.8 Å². The number of methoxy groups -OCH3 is 1. The number of ether oxygens (including phenoxy) is 2. The third-order valence-electron chi connectivity index (χ3n) is 3.70. The first-order valence-electron chi connectivity index (χ1n) is 7.81. The van der Waals surface area contributed by atoms with Gasteiger partial charge in [0.05, 0.1) is 13.7 Å². The van der Waals surface area contributed by atoms with E-state index in [9.17, 15) is 4.79 Å². The summed E-state index contributed by atoms with van der Waals surface area (Å²) in [5.41, 5.74) is 2.82. The minimum absolute atomic E-state index is 0.187. The van der Waals surface area contributed by atoms with Crippen molar-refractivity contribution in [1.82, 2.24) is 4.98 Å². The normalized spacial score (nSPS) is 10.8. The maximum absolute atomic E-state index is 12.1. The third kappa shape index (κ3) is 3.56. The van der Waals surface area contributed by atoms with E-state index in [1.807, 2.05) is 31.5 Å². The number of hydrogen-bond donors (Lipinski definition) is 0. The lowest BCUT2D eigenvalue weighted by Gasteiger charge is -2.04. The van der Waals surface area contributed by atoms with Crippen LogP contribution in [-0.4, -0.2) is 24.7 Å². The van der Waals surface area contributed by atoms with Crippen LogP contribution in [0.1, 0.15) is 28.1 Å². The molecule has 0 radical (unpaired) electrons. The van der Waals surface area contributed by atoms with Crippen molar-refractivity contribution in [2.24, 2.45) is 0 Å². The van der Waals surface area contributed by atoms with E-state index >= 15 is 0 Å². The zero-order valence-corrected chi connectivity index (χ0v) is 13.7. The zero-order valence-electron chi connectivity index (χ0n) is 13.7. The maximum Gasteiger partial charge on any atom is 0.374 e. The monoisotopic (exact) mass is 325 g/mol. The number of benzene rings is 1. The number of carbonyl (C=O) groups is 1. The lowest BCUT2D eigenvalue weighted by molar-refractivity contribution is 0.0467. The van der Waals surface area contributed by atoms with Gasteiger partial charge >= 0.3 is 5.97 Å². The third-order valence-corrected chi connectivity index (χ3v) is 3.70. The Hall–Kier alpha value is -2.82. The highest BCUT2D eigenvalue weighted by Crippen LogP contribution is 2.28. The van der Waals surface area contributed by atoms with Gasteiger partial charge in [-0.25, -0.2) is 4.79 Å². The van der Waals surface area contributed by atoms with Crippen molar-refractivity contribution in [2.75, 3.05) is 13.7 Å². The van der Waals surface area contributed by atoms with Crippen LogP contribution in [0.15, 0.2) is 47.1 Å². The van der Waals surface area contributed by atoms with Gasteiger partial charge in [0.25, 0.3) is 0 Å². The topological polar surface area (TPSA) is 61.6 Å². The van der Waals surface area contributed by atoms with Gasteiger partial charge in [-0.2, -0.15) is 0 Å². The number of para-hydroxylation sites is 1. The first-order chi connectivity index (χ1) is 11.7. The van der Waals surface area contributed by atoms with Gasteiger partial charge in [0.1, 0.15) is 0 Å². The molecule has 24 heavy (non-hydrogen) atoms. The minimum Gasteiger partial charge on any atom is -0.493 e. The van der Waals surface area contributed by atoms with Crippen LogP contribution in [0.25, 0.3) is 11.0 Å². The summed E-state index contributed by atoms with van der Waals surface area (Å²) >= 11 is 0. The highest BCUT2D eigenvalue weighted by atomic mass is 16.5. The molecule has 0 fully saturated rings. The second-order valence-corrected chi connectivity index (χ2v) is 5.60. The average Bonchev–Trinajstić information content (AvgIpc) is 3.03. The minimum atomic E-state index is -0.462. The number of nitrogens with zero attached hydrogens (tertiary/aromatic N) is 1. The second kappa shape index (κ2) is 7.17. The molecular formula is C19H19NO4. The Morgan fingerprint density at radius 2 is 2.12 bits per heavy atom. The summed E-state index contributed by atoms with van der Waals surface area (Å²) in [4.78, 5) is 16.3. The van der Waals surface area contributed by atoms with Crippen LogP contribution in [0, 0.1) is 6.92 Å². The first kappa shape index (κ1) is 16.1. The summed E-state index contributed by atoms with van der Waals surface area (Å²) < 4.78 is 16.1. The molecule has 0 N–H and O–H groups in total. The Labute approximate surface area is 140 Å². The molecule has 2 heterocycles. The smallest absolute Gasteiger partial charge is 0.374 e. The average molecular weight is 325 g/mol. The van der Waals surface area contributed by atoms with E-state index in [1.54, 1.807) is 19.2 Å². The van der Waals surface area contributed by atoms with Gasteiger partial charge in [0.2, 0.25) is 5.76 Å². The Morgan fingerprint density at radius 3 is 2.92 bits per heavy atom. The fourth-order valence-electron chi connectivity index (χ4n) is 2.56. The second-order valence-electron chi connectivity index (χ2n) is 5.60. The molecule has 3 aromatic rings. The molecule has 0 aliphatic carbocycles. The summed E-state index contributed by atoms with van der Waals surface area (Å²) in [6.07, 6.45) is 5.20. The van der Waals surface area contributed by atoms with Crippen LogP contribution in [0.5, 0.6) is 5.75 Å². The van der Waals surface area contributed by atoms with Crippen LogP contribution in [0.3, 0.4) is 0 Å². The number of esters is 1. The summed E-state index contributed by atoms with van der Waals surface area (Å²) in [7, 11) is 1.56. The quantitative estimate of drug-likeness (QED) is 0.507. The molecule has 0 spiro atoms. The molecule has 3 rings (SSSR count). The van der Waals surface area contributed by atoms with Crippen LogP contribution in [0.2, 0.25) is 0 Å². The highest BCUT2D eigenvalue weighted by Gasteiger charge is 2.15. The SMILES string of the molecule is COc1cccc2cc(C(=O)OCCCc3cncc(C)c3)oc12. The number of rotatable bonds is 6. The molecule has 0 atom stereocenters. The van der Waals surface area contributed by atoms with E-state index in [-0.39, 0.29) is 5.76 Å². The summed E-state index contributed by atoms with van der Waals surface area (Å²) in [5.74, 6) is 0.320. The van der Waals surface area contributed by atoms with Crippen molar-refractivity contribution in [3.05, 3.63) is 59.6 Å². The Bertz CT molecular complexity index is 853. The molecule has 0 unspecified atom stereocenters. The van der Waals surface area contributed by atoms with Gasteiger partial charge in [-0.15, -0.1) is 0 Å². The molecule has 124 valence electrons. The summed E-state index contributed by atoms with van der Waals surface area (Å²) in [5, 5.41) is 0.812. The number of fused-ring (bicyclic) bond motifs is 1. The number of aryl methyl sites for hydroxylation is 2. The Morgan fingerprint density at radius 1 is 1.25 bits per heavy atom. The molecule has 0 amide bonds. The predicted molar refractivity (Wildman–Crippen MR) is 90.3 cm³/mol. The Balaban J connectivity index is 1.57. The number of aromatic nitrogens is 1. The van der Waals surface area contributed by atoms with Crippen molar-refractivity contribution in [1.29, 1.82) is 0 Å². The van der Waals surface area contributed by atoms with Gasteiger partial charge in [-0.1, -0.05) is 18.2 Å². The summed E-state index contributed by atoms with van der Waals surface area (Å²) in [6.45, 7) is 2.34. The summed E-state index contributed by atoms with van der Waals surface area (Å²) in [6, 6.07) is 9.26. The molecule has 0 aliphatic rings. The van der Waals surface area contributed by atoms with Crippen LogP contribution in [0.4, 0.5) is 0 Å². The number of pyridine rings is 1. The molecule has 5 nitrogen and oxygen atoms in total. The van der Waals surface area contributed by atoms with Crippen molar-refractivity contribution in [3.8, 4) is 5.75 Å². The number of carbonyl (C=O) groups excluding carboxylic acids is 1. The Kier molecular flexibility index (Phi) is 4.79. The molecule has 0 saturated carbocycles. The van der Waals surface area contributed by atoms with E-state index in [0.717, 1.165) is 29.4 Å². The van der Waals surface area contributed by atoms with E-state index < -0.39 is 5.97 Å². The molecule has 5 heteroatoms. The fourth-order valence-corrected chi connectivity index (χ4v) is 2.56. The molecule has 1 aromatic carbocycles. The lowest BCUT2D eigenvalue weighted by atomic mass is 10.1. The zero-order chi connectivity index (χ0) is 16.9.